The molecule has 1 aromatic heterocycles. The molecule has 4 unspecified atom stereocenters. The van der Waals surface area contributed by atoms with Gasteiger partial charge in [-0.1, -0.05) is 84.0 Å². The van der Waals surface area contributed by atoms with Crippen LogP contribution in [0.15, 0.2) is 24.0 Å². The van der Waals surface area contributed by atoms with Crippen LogP contribution in [0.2, 0.25) is 0 Å². The van der Waals surface area contributed by atoms with E-state index in [2.05, 4.69) is 33.0 Å². The number of carboxylic acids is 1. The van der Waals surface area contributed by atoms with Gasteiger partial charge in [-0.05, 0) is 60.4 Å². The van der Waals surface area contributed by atoms with Gasteiger partial charge in [-0.25, -0.2) is 28.5 Å². The van der Waals surface area contributed by atoms with E-state index in [1.807, 2.05) is 0 Å². The first kappa shape index (κ1) is 59.0. The van der Waals surface area contributed by atoms with E-state index in [0.29, 0.717) is 31.5 Å². The van der Waals surface area contributed by atoms with Gasteiger partial charge in [-0.3, -0.25) is 24.0 Å². The van der Waals surface area contributed by atoms with Crippen molar-refractivity contribution in [1.82, 2.24) is 35.4 Å². The maximum Gasteiger partial charge on any atom is 0.395 e. The molecule has 386 valence electrons. The summed E-state index contributed by atoms with van der Waals surface area (Å²) in [4.78, 5) is 100. The Morgan fingerprint density at radius 3 is 2.00 bits per heavy atom. The monoisotopic (exact) mass is 987 g/mol. The van der Waals surface area contributed by atoms with Gasteiger partial charge in [0, 0.05) is 24.7 Å². The number of aliphatic hydroxyl groups is 1. The molecule has 0 aromatic carbocycles. The van der Waals surface area contributed by atoms with Crippen molar-refractivity contribution < 1.29 is 71.9 Å². The molecular weight excluding hydrogens is 911 g/mol. The highest BCUT2D eigenvalue weighted by molar-refractivity contribution is 7.54. The first-order chi connectivity index (χ1) is 32.4. The first-order valence-corrected chi connectivity index (χ1v) is 25.0. The molecule has 2 amide bonds. The Labute approximate surface area is 398 Å². The molecule has 0 fully saturated rings. The van der Waals surface area contributed by atoms with Crippen LogP contribution in [0.25, 0.3) is 0 Å². The van der Waals surface area contributed by atoms with Crippen LogP contribution in [0.4, 0.5) is 0 Å². The van der Waals surface area contributed by atoms with Crippen molar-refractivity contribution in [2.75, 3.05) is 47.9 Å². The number of nitrogens with one attached hydrogen (secondary N) is 4. The summed E-state index contributed by atoms with van der Waals surface area (Å²) in [5, 5.41) is 25.6. The maximum absolute atomic E-state index is 13.5. The van der Waals surface area contributed by atoms with Crippen LogP contribution < -0.4 is 21.8 Å². The van der Waals surface area contributed by atoms with Gasteiger partial charge in [0.1, 0.15) is 25.2 Å². The lowest BCUT2D eigenvalue weighted by molar-refractivity contribution is -0.171. The lowest BCUT2D eigenvalue weighted by atomic mass is 10.0. The molecule has 1 aromatic rings. The number of unbranched alkanes of at least 4 members (excludes halogenated alkanes) is 13. The number of hydrogen-bond acceptors (Lipinski definition) is 17. The topological polar surface area (TPSA) is 320 Å². The number of cyclic esters (lactones) is 1. The molecular formula is C44H75N8O15P. The fraction of sp³-hybridized carbons (Fsp3) is 0.727. The number of hydrogen-bond donors (Lipinski definition) is 7. The van der Waals surface area contributed by atoms with Crippen LogP contribution in [0.5, 0.6) is 0 Å². The molecule has 0 saturated carbocycles. The third-order valence-corrected chi connectivity index (χ3v) is 13.2. The number of nitrogens with two attached hydrogens (primary N) is 1. The summed E-state index contributed by atoms with van der Waals surface area (Å²) in [5.41, 5.74) is 8.19. The quantitative estimate of drug-likeness (QED) is 0.0163. The third-order valence-electron chi connectivity index (χ3n) is 10.8. The third kappa shape index (κ3) is 22.3. The summed E-state index contributed by atoms with van der Waals surface area (Å²) in [7, 11) is 1.85. The highest BCUT2D eigenvalue weighted by Gasteiger charge is 2.47. The van der Waals surface area contributed by atoms with Crippen LogP contribution in [-0.4, -0.2) is 143 Å². The van der Waals surface area contributed by atoms with Crippen LogP contribution in [0, 0.1) is 0 Å². The Balaban J connectivity index is 1.96. The molecule has 2 heterocycles. The average molecular weight is 987 g/mol. The van der Waals surface area contributed by atoms with E-state index < -0.39 is 111 Å². The molecule has 0 saturated heterocycles. The van der Waals surface area contributed by atoms with Crippen molar-refractivity contribution in [2.45, 2.75) is 160 Å². The Morgan fingerprint density at radius 1 is 0.838 bits per heavy atom. The predicted molar refractivity (Wildman–Crippen MR) is 247 cm³/mol. The van der Waals surface area contributed by atoms with Gasteiger partial charge >= 0.3 is 37.5 Å². The Kier molecular flexibility index (Phi) is 28.3. The van der Waals surface area contributed by atoms with E-state index in [0.717, 1.165) is 25.7 Å². The molecule has 23 nitrogen and oxygen atoms in total. The minimum Gasteiger partial charge on any atom is -0.505 e. The SMILES string of the molecule is CCCCCCCCCCCCCCCC(=O)OCC(OC(=O)CCC(=O)ONCC(=O)NC(CCCCN)C(=O)NC(Cc1cnc[nH]1)C(=O)O)C1OC(=O)C(OP(=O)(N(C)C)N(C)C)=C1O. The van der Waals surface area contributed by atoms with Gasteiger partial charge in [0.15, 0.2) is 11.9 Å². The van der Waals surface area contributed by atoms with E-state index in [4.69, 9.17) is 29.3 Å². The number of nitrogens with zero attached hydrogens (tertiary/aromatic N) is 3. The largest absolute Gasteiger partial charge is 0.505 e. The van der Waals surface area contributed by atoms with Gasteiger partial charge in [-0.15, -0.1) is 5.48 Å². The van der Waals surface area contributed by atoms with E-state index in [1.54, 1.807) is 0 Å². The normalized spacial score (nSPS) is 15.1. The zero-order valence-electron chi connectivity index (χ0n) is 40.3. The van der Waals surface area contributed by atoms with E-state index in [1.165, 1.54) is 101 Å². The summed E-state index contributed by atoms with van der Waals surface area (Å²) in [6, 6.07) is -2.48. The molecule has 2 rings (SSSR count). The second kappa shape index (κ2) is 32.6. The summed E-state index contributed by atoms with van der Waals surface area (Å²) >= 11 is 0. The highest BCUT2D eigenvalue weighted by atomic mass is 31.2. The second-order valence-corrected chi connectivity index (χ2v) is 19.7. The lowest BCUT2D eigenvalue weighted by Crippen LogP contribution is -2.53. The molecule has 0 spiro atoms. The fourth-order valence-electron chi connectivity index (χ4n) is 6.91. The van der Waals surface area contributed by atoms with Gasteiger partial charge in [-0.2, -0.15) is 0 Å². The van der Waals surface area contributed by atoms with Gasteiger partial charge < -0.3 is 55.1 Å². The lowest BCUT2D eigenvalue weighted by Gasteiger charge is -2.29. The molecule has 0 radical (unpaired) electrons. The van der Waals surface area contributed by atoms with Crippen molar-refractivity contribution in [3.8, 4) is 0 Å². The smallest absolute Gasteiger partial charge is 0.395 e. The maximum atomic E-state index is 13.5. The van der Waals surface area contributed by atoms with Gasteiger partial charge in [0.05, 0.1) is 19.2 Å². The van der Waals surface area contributed by atoms with E-state index >= 15 is 0 Å². The average Bonchev–Trinajstić information content (AvgIpc) is 3.91. The predicted octanol–water partition coefficient (Wildman–Crippen LogP) is 3.84. The van der Waals surface area contributed by atoms with Crippen LogP contribution in [-0.2, 0) is 68.1 Å². The Hall–Kier alpha value is -5.09. The number of aliphatic hydroxyl groups excluding tert-OH is 1. The molecule has 1 aliphatic rings. The zero-order valence-corrected chi connectivity index (χ0v) is 41.2. The standard InChI is InChI=1S/C44H75N8O15P/c1-6-7-8-9-10-11-12-13-14-15-16-17-18-22-36(54)63-29-34(40-39(57)41(44(61)65-40)67-68(62,51(2)3)52(4)5)64-37(55)23-24-38(56)66-48-28-35(53)49-32(21-19-20-25-45)42(58)50-33(43(59)60)26-31-27-46-30-47-31/h27,30,32-34,40,48,57H,6-26,28-29,45H2,1-5H3,(H,46,47)(H,49,53)(H,50,58)(H,59,60). The minimum absolute atomic E-state index is 0.0603. The minimum atomic E-state index is -3.88. The van der Waals surface area contributed by atoms with Crippen molar-refractivity contribution in [1.29, 1.82) is 0 Å². The number of aromatic nitrogens is 2. The molecule has 4 atom stereocenters. The van der Waals surface area contributed by atoms with Crippen molar-refractivity contribution >= 4 is 49.3 Å². The van der Waals surface area contributed by atoms with Crippen LogP contribution >= 0.6 is 7.67 Å². The Bertz CT molecular complexity index is 1800. The van der Waals surface area contributed by atoms with Crippen LogP contribution in [0.1, 0.15) is 135 Å². The number of hydroxylamine groups is 1. The van der Waals surface area contributed by atoms with Crippen molar-refractivity contribution in [2.24, 2.45) is 5.73 Å². The van der Waals surface area contributed by atoms with Crippen molar-refractivity contribution in [3.63, 3.8) is 0 Å². The Morgan fingerprint density at radius 2 is 1.44 bits per heavy atom. The van der Waals surface area contributed by atoms with E-state index in [-0.39, 0.29) is 19.3 Å². The van der Waals surface area contributed by atoms with E-state index in [9.17, 15) is 48.3 Å². The molecule has 24 heteroatoms. The van der Waals surface area contributed by atoms with Gasteiger partial charge in [0.25, 0.3) is 5.76 Å². The van der Waals surface area contributed by atoms with Crippen molar-refractivity contribution in [3.05, 3.63) is 29.7 Å². The first-order valence-electron chi connectivity index (χ1n) is 23.5. The van der Waals surface area contributed by atoms with Gasteiger partial charge in [0.2, 0.25) is 17.9 Å². The number of amides is 2. The summed E-state index contributed by atoms with van der Waals surface area (Å²) in [6.45, 7) is 1.24. The number of esters is 3. The number of carboxylic acid groups (broad SMARTS) is 1. The number of aromatic amines is 1. The number of carbonyl (C=O) groups is 7. The summed E-state index contributed by atoms with van der Waals surface area (Å²) in [6.07, 6.45) is 13.8. The molecule has 0 bridgehead atoms. The summed E-state index contributed by atoms with van der Waals surface area (Å²) < 4.78 is 37.5. The number of carbonyl (C=O) groups excluding carboxylic acids is 6. The molecule has 8 N–H and O–H groups in total. The molecule has 68 heavy (non-hydrogen) atoms. The number of rotatable bonds is 38. The number of ether oxygens (including phenoxy) is 3. The molecule has 1 aliphatic heterocycles. The number of H-pyrrole nitrogens is 1. The second-order valence-electron chi connectivity index (χ2n) is 16.9. The number of aliphatic carboxylic acids is 1. The zero-order chi connectivity index (χ0) is 50.5. The number of imidazole rings is 1. The highest BCUT2D eigenvalue weighted by Crippen LogP contribution is 2.53. The molecule has 0 aliphatic carbocycles. The fourth-order valence-corrected chi connectivity index (χ4v) is 8.36. The van der Waals surface area contributed by atoms with Crippen LogP contribution in [0.3, 0.4) is 0 Å². The summed E-state index contributed by atoms with van der Waals surface area (Å²) in [5.74, 6) is -8.41.